The van der Waals surface area contributed by atoms with E-state index in [-0.39, 0.29) is 0 Å². The van der Waals surface area contributed by atoms with Crippen LogP contribution in [0.3, 0.4) is 0 Å². The number of thioether (sulfide) groups is 1. The number of nitrogens with zero attached hydrogens (tertiary/aromatic N) is 3. The molecule has 0 unspecified atom stereocenters. The monoisotopic (exact) mass is 222 g/mol. The van der Waals surface area contributed by atoms with Crippen molar-refractivity contribution < 1.29 is 0 Å². The number of rotatable bonds is 1. The number of nitrogen functional groups attached to an aromatic ring is 1. The highest BCUT2D eigenvalue weighted by Crippen LogP contribution is 2.46. The van der Waals surface area contributed by atoms with E-state index in [0.29, 0.717) is 11.2 Å². The van der Waals surface area contributed by atoms with Gasteiger partial charge in [-0.2, -0.15) is 11.8 Å². The quantitative estimate of drug-likeness (QED) is 0.765. The Balaban J connectivity index is 1.80. The summed E-state index contributed by atoms with van der Waals surface area (Å²) in [6, 6.07) is 0. The molecule has 80 valence electrons. The Morgan fingerprint density at radius 1 is 1.40 bits per heavy atom. The maximum atomic E-state index is 5.77. The second kappa shape index (κ2) is 3.01. The standard InChI is InChI=1S/C10H14N4S/c1-7-8(11)12-6-13-9(7)14-2-10(3-14)4-15-5-10/h6H,2-5H2,1H3,(H2,11,12,13). The van der Waals surface area contributed by atoms with Crippen LogP contribution in [0.15, 0.2) is 6.33 Å². The van der Waals surface area contributed by atoms with E-state index in [9.17, 15) is 0 Å². The SMILES string of the molecule is Cc1c(N)ncnc1N1CC2(CSC2)C1. The maximum absolute atomic E-state index is 5.77. The summed E-state index contributed by atoms with van der Waals surface area (Å²) < 4.78 is 0. The average molecular weight is 222 g/mol. The molecule has 2 aliphatic heterocycles. The van der Waals surface area contributed by atoms with Gasteiger partial charge in [0, 0.05) is 35.6 Å². The van der Waals surface area contributed by atoms with Crippen LogP contribution in [0.2, 0.25) is 0 Å². The van der Waals surface area contributed by atoms with Crippen molar-refractivity contribution >= 4 is 23.4 Å². The second-order valence-corrected chi connectivity index (χ2v) is 5.54. The molecule has 0 bridgehead atoms. The van der Waals surface area contributed by atoms with Crippen LogP contribution in [0, 0.1) is 12.3 Å². The van der Waals surface area contributed by atoms with Gasteiger partial charge in [-0.05, 0) is 6.92 Å². The molecule has 0 saturated carbocycles. The smallest absolute Gasteiger partial charge is 0.137 e. The predicted octanol–water partition coefficient (Wildman–Crippen LogP) is 0.920. The molecule has 0 radical (unpaired) electrons. The molecule has 0 aliphatic carbocycles. The average Bonchev–Trinajstić information content (AvgIpc) is 2.07. The summed E-state index contributed by atoms with van der Waals surface area (Å²) >= 11 is 2.04. The Morgan fingerprint density at radius 2 is 2.13 bits per heavy atom. The Hall–Kier alpha value is -0.970. The van der Waals surface area contributed by atoms with Crippen molar-refractivity contribution in [3.63, 3.8) is 0 Å². The zero-order valence-electron chi connectivity index (χ0n) is 8.73. The normalized spacial score (nSPS) is 22.3. The molecule has 1 aromatic heterocycles. The van der Waals surface area contributed by atoms with Gasteiger partial charge in [-0.3, -0.25) is 0 Å². The molecule has 4 nitrogen and oxygen atoms in total. The summed E-state index contributed by atoms with van der Waals surface area (Å²) in [5.74, 6) is 4.24. The lowest BCUT2D eigenvalue weighted by atomic mass is 9.82. The van der Waals surface area contributed by atoms with Crippen LogP contribution in [0.4, 0.5) is 11.6 Å². The number of anilines is 2. The highest BCUT2D eigenvalue weighted by atomic mass is 32.2. The highest BCUT2D eigenvalue weighted by molar-refractivity contribution is 8.00. The summed E-state index contributed by atoms with van der Waals surface area (Å²) in [5, 5.41) is 0. The molecule has 0 aromatic carbocycles. The van der Waals surface area contributed by atoms with Crippen molar-refractivity contribution in [1.29, 1.82) is 0 Å². The van der Waals surface area contributed by atoms with Crippen LogP contribution in [0.5, 0.6) is 0 Å². The van der Waals surface area contributed by atoms with E-state index in [4.69, 9.17) is 5.73 Å². The van der Waals surface area contributed by atoms with Crippen molar-refractivity contribution in [1.82, 2.24) is 9.97 Å². The third kappa shape index (κ3) is 1.29. The summed E-state index contributed by atoms with van der Waals surface area (Å²) in [6.45, 7) is 4.26. The first-order valence-corrected chi connectivity index (χ1v) is 6.25. The van der Waals surface area contributed by atoms with Gasteiger partial charge in [-0.25, -0.2) is 9.97 Å². The van der Waals surface area contributed by atoms with E-state index in [0.717, 1.165) is 24.5 Å². The zero-order valence-corrected chi connectivity index (χ0v) is 9.55. The largest absolute Gasteiger partial charge is 0.383 e. The fourth-order valence-electron chi connectivity index (χ4n) is 2.26. The Bertz CT molecular complexity index is 394. The van der Waals surface area contributed by atoms with Crippen LogP contribution < -0.4 is 10.6 Å². The molecule has 2 saturated heterocycles. The Labute approximate surface area is 93.3 Å². The molecule has 5 heteroatoms. The van der Waals surface area contributed by atoms with Gasteiger partial charge in [-0.1, -0.05) is 0 Å². The molecule has 0 atom stereocenters. The predicted molar refractivity (Wildman–Crippen MR) is 63.2 cm³/mol. The molecule has 2 N–H and O–H groups in total. The van der Waals surface area contributed by atoms with E-state index in [1.165, 1.54) is 11.5 Å². The lowest BCUT2D eigenvalue weighted by Gasteiger charge is -2.55. The lowest BCUT2D eigenvalue weighted by molar-refractivity contribution is 0.270. The van der Waals surface area contributed by atoms with E-state index in [1.54, 1.807) is 6.33 Å². The van der Waals surface area contributed by atoms with E-state index in [1.807, 2.05) is 18.7 Å². The summed E-state index contributed by atoms with van der Waals surface area (Å²) in [5.41, 5.74) is 7.38. The van der Waals surface area contributed by atoms with E-state index in [2.05, 4.69) is 14.9 Å². The number of nitrogens with two attached hydrogens (primary N) is 1. The fourth-order valence-corrected chi connectivity index (χ4v) is 3.41. The lowest BCUT2D eigenvalue weighted by Crippen LogP contribution is -2.63. The van der Waals surface area contributed by atoms with Crippen LogP contribution in [-0.2, 0) is 0 Å². The van der Waals surface area contributed by atoms with Crippen molar-refractivity contribution in [2.45, 2.75) is 6.92 Å². The molecule has 3 heterocycles. The minimum atomic E-state index is 0.594. The summed E-state index contributed by atoms with van der Waals surface area (Å²) in [6.07, 6.45) is 1.55. The van der Waals surface area contributed by atoms with Gasteiger partial charge in [-0.15, -0.1) is 0 Å². The number of hydrogen-bond acceptors (Lipinski definition) is 5. The van der Waals surface area contributed by atoms with Gasteiger partial charge >= 0.3 is 0 Å². The summed E-state index contributed by atoms with van der Waals surface area (Å²) in [7, 11) is 0. The fraction of sp³-hybridized carbons (Fsp3) is 0.600. The number of aromatic nitrogens is 2. The maximum Gasteiger partial charge on any atom is 0.137 e. The van der Waals surface area contributed by atoms with Crippen molar-refractivity contribution in [2.75, 3.05) is 35.2 Å². The van der Waals surface area contributed by atoms with Gasteiger partial charge in [0.25, 0.3) is 0 Å². The topological polar surface area (TPSA) is 55.0 Å². The van der Waals surface area contributed by atoms with Gasteiger partial charge in [0.05, 0.1) is 0 Å². The van der Waals surface area contributed by atoms with Gasteiger partial charge < -0.3 is 10.6 Å². The Morgan fingerprint density at radius 3 is 2.73 bits per heavy atom. The first kappa shape index (κ1) is 9.27. The minimum Gasteiger partial charge on any atom is -0.383 e. The highest BCUT2D eigenvalue weighted by Gasteiger charge is 2.48. The van der Waals surface area contributed by atoms with Gasteiger partial charge in [0.2, 0.25) is 0 Å². The Kier molecular flexibility index (Phi) is 1.86. The van der Waals surface area contributed by atoms with Crippen LogP contribution >= 0.6 is 11.8 Å². The van der Waals surface area contributed by atoms with Crippen molar-refractivity contribution in [3.8, 4) is 0 Å². The van der Waals surface area contributed by atoms with Crippen molar-refractivity contribution in [2.24, 2.45) is 5.41 Å². The van der Waals surface area contributed by atoms with Gasteiger partial charge in [0.1, 0.15) is 18.0 Å². The minimum absolute atomic E-state index is 0.594. The van der Waals surface area contributed by atoms with Crippen molar-refractivity contribution in [3.05, 3.63) is 11.9 Å². The molecule has 2 fully saturated rings. The van der Waals surface area contributed by atoms with E-state index < -0.39 is 0 Å². The molecule has 0 amide bonds. The molecular formula is C10H14N4S. The molecular weight excluding hydrogens is 208 g/mol. The summed E-state index contributed by atoms with van der Waals surface area (Å²) in [4.78, 5) is 10.6. The second-order valence-electron chi connectivity index (χ2n) is 4.56. The zero-order chi connectivity index (χ0) is 10.5. The van der Waals surface area contributed by atoms with Crippen LogP contribution in [0.1, 0.15) is 5.56 Å². The van der Waals surface area contributed by atoms with Crippen LogP contribution in [0.25, 0.3) is 0 Å². The first-order valence-electron chi connectivity index (χ1n) is 5.10. The molecule has 1 aromatic rings. The third-order valence-electron chi connectivity index (χ3n) is 3.27. The molecule has 1 spiro atoms. The third-order valence-corrected chi connectivity index (χ3v) is 4.90. The van der Waals surface area contributed by atoms with Crippen LogP contribution in [-0.4, -0.2) is 34.6 Å². The molecule has 3 rings (SSSR count). The first-order chi connectivity index (χ1) is 7.20. The molecule has 15 heavy (non-hydrogen) atoms. The molecule has 2 aliphatic rings. The van der Waals surface area contributed by atoms with Gasteiger partial charge in [0.15, 0.2) is 0 Å². The van der Waals surface area contributed by atoms with E-state index >= 15 is 0 Å². The number of hydrogen-bond donors (Lipinski definition) is 1.